The zero-order valence-corrected chi connectivity index (χ0v) is 25.1. The predicted molar refractivity (Wildman–Crippen MR) is 169 cm³/mol. The van der Waals surface area contributed by atoms with Gasteiger partial charge in [0.15, 0.2) is 0 Å². The van der Waals surface area contributed by atoms with Gasteiger partial charge in [-0.1, -0.05) is 53.0 Å². The molecule has 6 nitrogen and oxygen atoms in total. The summed E-state index contributed by atoms with van der Waals surface area (Å²) in [6, 6.07) is 32.0. The highest BCUT2D eigenvalue weighted by molar-refractivity contribution is 6.31. The second kappa shape index (κ2) is 14.0. The summed E-state index contributed by atoms with van der Waals surface area (Å²) in [5.41, 5.74) is 3.95. The van der Waals surface area contributed by atoms with Gasteiger partial charge in [0, 0.05) is 16.1 Å². The van der Waals surface area contributed by atoms with E-state index in [1.165, 1.54) is 6.07 Å². The number of ether oxygens (including phenoxy) is 3. The lowest BCUT2D eigenvalue weighted by Crippen LogP contribution is -2.11. The van der Waals surface area contributed by atoms with Gasteiger partial charge in [-0.25, -0.2) is 14.4 Å². The van der Waals surface area contributed by atoms with Gasteiger partial charge in [0.1, 0.15) is 17.2 Å². The Morgan fingerprint density at radius 3 is 1.32 bits per heavy atom. The van der Waals surface area contributed by atoms with E-state index in [-0.39, 0.29) is 11.5 Å². The smallest absolute Gasteiger partial charge is 0.343 e. The monoisotopic (exact) mass is 624 g/mol. The first-order valence-electron chi connectivity index (χ1n) is 13.7. The first-order valence-corrected chi connectivity index (χ1v) is 14.4. The lowest BCUT2D eigenvalue weighted by Gasteiger charge is -2.12. The zero-order valence-electron chi connectivity index (χ0n) is 23.6. The van der Waals surface area contributed by atoms with Crippen LogP contribution in [0.5, 0.6) is 17.2 Å². The van der Waals surface area contributed by atoms with E-state index in [0.717, 1.165) is 16.7 Å². The molecule has 5 aromatic rings. The van der Waals surface area contributed by atoms with E-state index in [4.69, 9.17) is 37.4 Å². The van der Waals surface area contributed by atoms with Crippen molar-refractivity contribution in [1.29, 1.82) is 0 Å². The number of hydrogen-bond acceptors (Lipinski definition) is 6. The number of carbonyl (C=O) groups is 3. The highest BCUT2D eigenvalue weighted by Gasteiger charge is 2.15. The average Bonchev–Trinajstić information content (AvgIpc) is 3.01. The van der Waals surface area contributed by atoms with Crippen LogP contribution in [0.1, 0.15) is 47.8 Å². The Labute approximate surface area is 264 Å². The van der Waals surface area contributed by atoms with Crippen LogP contribution < -0.4 is 14.2 Å². The van der Waals surface area contributed by atoms with Crippen molar-refractivity contribution in [2.75, 3.05) is 0 Å². The fraction of sp³-hybridized carbons (Fsp3) is 0.0833. The lowest BCUT2D eigenvalue weighted by molar-refractivity contribution is 0.0720. The van der Waals surface area contributed by atoms with Gasteiger partial charge in [0.05, 0.1) is 16.7 Å². The zero-order chi connectivity index (χ0) is 31.1. The minimum Gasteiger partial charge on any atom is -0.423 e. The van der Waals surface area contributed by atoms with Crippen LogP contribution in [0.15, 0.2) is 115 Å². The molecule has 0 saturated carbocycles. The summed E-state index contributed by atoms with van der Waals surface area (Å²) in [7, 11) is 0. The first kappa shape index (κ1) is 30.5. The minimum absolute atomic E-state index is 0.222. The molecule has 0 aliphatic rings. The van der Waals surface area contributed by atoms with Gasteiger partial charge in [0.2, 0.25) is 0 Å². The molecule has 0 fully saturated rings. The Balaban J connectivity index is 1.29. The third kappa shape index (κ3) is 8.34. The first-order chi connectivity index (χ1) is 21.2. The van der Waals surface area contributed by atoms with Gasteiger partial charge in [-0.15, -0.1) is 0 Å². The largest absolute Gasteiger partial charge is 0.423 e. The van der Waals surface area contributed by atoms with E-state index >= 15 is 0 Å². The van der Waals surface area contributed by atoms with Gasteiger partial charge in [0.25, 0.3) is 0 Å². The molecule has 0 aliphatic carbocycles. The Kier molecular flexibility index (Phi) is 9.75. The standard InChI is InChI=1S/C36H26Cl2O6/c1-23-2-8-26(9-3-23)34(39)42-31-18-6-24(7-19-31)4-5-25-20-32(43-35(40)27-10-14-29(37)15-11-27)22-33(21-25)44-36(41)28-12-16-30(38)17-13-28/h2-3,6-22H,4-5H2,1H3. The van der Waals surface area contributed by atoms with Gasteiger partial charge in [-0.05, 0) is 116 Å². The molecule has 0 aromatic heterocycles. The topological polar surface area (TPSA) is 78.9 Å². The molecule has 8 heteroatoms. The van der Waals surface area contributed by atoms with Crippen molar-refractivity contribution >= 4 is 41.1 Å². The number of rotatable bonds is 9. The van der Waals surface area contributed by atoms with Crippen molar-refractivity contribution in [3.8, 4) is 17.2 Å². The number of halogens is 2. The van der Waals surface area contributed by atoms with Gasteiger partial charge in [-0.2, -0.15) is 0 Å². The summed E-state index contributed by atoms with van der Waals surface area (Å²) in [6.07, 6.45) is 1.16. The Bertz CT molecular complexity index is 1700. The molecule has 0 N–H and O–H groups in total. The van der Waals surface area contributed by atoms with Crippen molar-refractivity contribution in [2.45, 2.75) is 19.8 Å². The maximum absolute atomic E-state index is 12.8. The number of aryl methyl sites for hydroxylation is 3. The molecule has 0 heterocycles. The van der Waals surface area contributed by atoms with Crippen LogP contribution in [0, 0.1) is 6.92 Å². The van der Waals surface area contributed by atoms with E-state index < -0.39 is 17.9 Å². The van der Waals surface area contributed by atoms with Gasteiger partial charge in [-0.3, -0.25) is 0 Å². The summed E-state index contributed by atoms with van der Waals surface area (Å²) < 4.78 is 16.8. The molecule has 0 saturated heterocycles. The van der Waals surface area contributed by atoms with Crippen molar-refractivity contribution in [1.82, 2.24) is 0 Å². The van der Waals surface area contributed by atoms with Crippen LogP contribution in [-0.2, 0) is 12.8 Å². The van der Waals surface area contributed by atoms with Gasteiger partial charge >= 0.3 is 17.9 Å². The summed E-state index contributed by atoms with van der Waals surface area (Å²) in [5, 5.41) is 0.995. The molecule has 0 unspecified atom stereocenters. The minimum atomic E-state index is -0.579. The number of benzene rings is 5. The second-order valence-corrected chi connectivity index (χ2v) is 10.9. The average molecular weight is 626 g/mol. The fourth-order valence-corrected chi connectivity index (χ4v) is 4.52. The predicted octanol–water partition coefficient (Wildman–Crippen LogP) is 8.74. The molecule has 0 radical (unpaired) electrons. The third-order valence-corrected chi connectivity index (χ3v) is 7.15. The SMILES string of the molecule is Cc1ccc(C(=O)Oc2ccc(CCc3cc(OC(=O)c4ccc(Cl)cc4)cc(OC(=O)c4ccc(Cl)cc4)c3)cc2)cc1. The van der Waals surface area contributed by atoms with Crippen molar-refractivity contribution in [2.24, 2.45) is 0 Å². The van der Waals surface area contributed by atoms with Crippen molar-refractivity contribution in [3.05, 3.63) is 159 Å². The summed E-state index contributed by atoms with van der Waals surface area (Å²) in [6.45, 7) is 1.95. The highest BCUT2D eigenvalue weighted by atomic mass is 35.5. The summed E-state index contributed by atoms with van der Waals surface area (Å²) in [4.78, 5) is 38.0. The van der Waals surface area contributed by atoms with Crippen molar-refractivity contribution < 1.29 is 28.6 Å². The summed E-state index contributed by atoms with van der Waals surface area (Å²) in [5.74, 6) is -0.705. The van der Waals surface area contributed by atoms with Crippen LogP contribution in [0.25, 0.3) is 0 Å². The molecule has 0 spiro atoms. The molecule has 5 rings (SSSR count). The van der Waals surface area contributed by atoms with Crippen LogP contribution >= 0.6 is 23.2 Å². The number of carbonyl (C=O) groups excluding carboxylic acids is 3. The Morgan fingerprint density at radius 1 is 0.477 bits per heavy atom. The number of hydrogen-bond donors (Lipinski definition) is 0. The third-order valence-electron chi connectivity index (χ3n) is 6.64. The molecule has 0 bridgehead atoms. The summed E-state index contributed by atoms with van der Waals surface area (Å²) >= 11 is 11.9. The highest BCUT2D eigenvalue weighted by Crippen LogP contribution is 2.27. The Hall–Kier alpha value is -4.91. The van der Waals surface area contributed by atoms with E-state index in [1.54, 1.807) is 84.9 Å². The van der Waals surface area contributed by atoms with Crippen LogP contribution in [0.2, 0.25) is 10.0 Å². The van der Waals surface area contributed by atoms with Crippen LogP contribution in [0.3, 0.4) is 0 Å². The lowest BCUT2D eigenvalue weighted by atomic mass is 10.0. The Morgan fingerprint density at radius 2 is 0.864 bits per heavy atom. The molecular weight excluding hydrogens is 599 g/mol. The van der Waals surface area contributed by atoms with E-state index in [1.807, 2.05) is 31.2 Å². The normalized spacial score (nSPS) is 10.6. The molecule has 5 aromatic carbocycles. The van der Waals surface area contributed by atoms with Crippen LogP contribution in [0.4, 0.5) is 0 Å². The molecule has 0 atom stereocenters. The molecule has 0 amide bonds. The van der Waals surface area contributed by atoms with Crippen molar-refractivity contribution in [3.63, 3.8) is 0 Å². The molecule has 0 aliphatic heterocycles. The van der Waals surface area contributed by atoms with Crippen LogP contribution in [-0.4, -0.2) is 17.9 Å². The maximum Gasteiger partial charge on any atom is 0.343 e. The maximum atomic E-state index is 12.8. The molecule has 220 valence electrons. The molecule has 44 heavy (non-hydrogen) atoms. The van der Waals surface area contributed by atoms with E-state index in [0.29, 0.717) is 45.3 Å². The number of esters is 3. The second-order valence-electron chi connectivity index (χ2n) is 10.0. The molecular formula is C36H26Cl2O6. The van der Waals surface area contributed by atoms with Gasteiger partial charge < -0.3 is 14.2 Å². The quantitative estimate of drug-likeness (QED) is 0.120. The van der Waals surface area contributed by atoms with E-state index in [2.05, 4.69) is 0 Å². The fourth-order valence-electron chi connectivity index (χ4n) is 4.27. The van der Waals surface area contributed by atoms with E-state index in [9.17, 15) is 14.4 Å².